The van der Waals surface area contributed by atoms with Gasteiger partial charge in [0.05, 0.1) is 16.7 Å². The topological polar surface area (TPSA) is 73.6 Å². The highest BCUT2D eigenvalue weighted by molar-refractivity contribution is 6.05. The van der Waals surface area contributed by atoms with Gasteiger partial charge in [0.15, 0.2) is 0 Å². The molecule has 1 amide bonds. The Balaban J connectivity index is 1.61. The van der Waals surface area contributed by atoms with Gasteiger partial charge in [-0.1, -0.05) is 20.8 Å². The quantitative estimate of drug-likeness (QED) is 0.632. The Morgan fingerprint density at radius 1 is 1.27 bits per heavy atom. The second-order valence-electron chi connectivity index (χ2n) is 8.54. The molecule has 1 aliphatic carbocycles. The summed E-state index contributed by atoms with van der Waals surface area (Å²) in [4.78, 5) is 23.7. The molecule has 0 spiro atoms. The normalized spacial score (nSPS) is 17.3. The molecule has 5 nitrogen and oxygen atoms in total. The molecule has 0 fully saturated rings. The lowest BCUT2D eigenvalue weighted by Gasteiger charge is -2.34. The van der Waals surface area contributed by atoms with Gasteiger partial charge in [-0.15, -0.1) is 0 Å². The Morgan fingerprint density at radius 2 is 2.08 bits per heavy atom. The molecule has 0 radical (unpaired) electrons. The fourth-order valence-electron chi connectivity index (χ4n) is 3.85. The van der Waals surface area contributed by atoms with E-state index >= 15 is 0 Å². The highest BCUT2D eigenvalue weighted by Crippen LogP contribution is 2.37. The number of aromatic amines is 2. The van der Waals surface area contributed by atoms with E-state index in [1.807, 2.05) is 19.1 Å². The van der Waals surface area contributed by atoms with Crippen molar-refractivity contribution in [3.8, 4) is 0 Å². The van der Waals surface area contributed by atoms with Crippen LogP contribution in [-0.4, -0.2) is 20.9 Å². The summed E-state index contributed by atoms with van der Waals surface area (Å²) in [6.45, 7) is 8.90. The molecule has 0 bridgehead atoms. The number of aryl methyl sites for hydroxylation is 2. The zero-order valence-corrected chi connectivity index (χ0v) is 15.9. The third-order valence-electron chi connectivity index (χ3n) is 5.52. The van der Waals surface area contributed by atoms with Crippen LogP contribution in [0.15, 0.2) is 24.4 Å². The van der Waals surface area contributed by atoms with Gasteiger partial charge in [0.2, 0.25) is 0 Å². The van der Waals surface area contributed by atoms with E-state index in [9.17, 15) is 4.79 Å². The summed E-state index contributed by atoms with van der Waals surface area (Å²) < 4.78 is 0. The first-order valence-electron chi connectivity index (χ1n) is 9.27. The first kappa shape index (κ1) is 16.9. The molecule has 26 heavy (non-hydrogen) atoms. The smallest absolute Gasteiger partial charge is 0.272 e. The van der Waals surface area contributed by atoms with Crippen LogP contribution >= 0.6 is 0 Å². The highest BCUT2D eigenvalue weighted by Gasteiger charge is 2.29. The molecule has 3 aromatic heterocycles. The van der Waals surface area contributed by atoms with Crippen molar-refractivity contribution in [2.45, 2.75) is 47.0 Å². The van der Waals surface area contributed by atoms with Crippen molar-refractivity contribution in [2.75, 3.05) is 5.32 Å². The molecule has 0 saturated carbocycles. The van der Waals surface area contributed by atoms with Crippen LogP contribution < -0.4 is 5.32 Å². The van der Waals surface area contributed by atoms with Gasteiger partial charge in [0.1, 0.15) is 5.69 Å². The number of rotatable bonds is 2. The first-order valence-corrected chi connectivity index (χ1v) is 9.27. The predicted molar refractivity (Wildman–Crippen MR) is 105 cm³/mol. The molecule has 1 atom stereocenters. The molecule has 136 valence electrons. The van der Waals surface area contributed by atoms with Crippen LogP contribution in [0.5, 0.6) is 0 Å². The number of anilines is 1. The van der Waals surface area contributed by atoms with Crippen LogP contribution in [0.3, 0.4) is 0 Å². The summed E-state index contributed by atoms with van der Waals surface area (Å²) in [7, 11) is 0. The minimum atomic E-state index is -0.146. The number of pyridine rings is 1. The lowest BCUT2D eigenvalue weighted by Crippen LogP contribution is -2.27. The SMILES string of the molecule is Cc1cc(NC(=O)c2cc3nc4c(cc3[nH]2)CC(C(C)(C)C)CC4)c[nH]1. The van der Waals surface area contributed by atoms with Crippen molar-refractivity contribution >= 4 is 22.6 Å². The van der Waals surface area contributed by atoms with Crippen molar-refractivity contribution in [3.05, 3.63) is 47.0 Å². The van der Waals surface area contributed by atoms with Gasteiger partial charge in [0.25, 0.3) is 5.91 Å². The molecular weight excluding hydrogens is 324 g/mol. The Kier molecular flexibility index (Phi) is 3.90. The minimum Gasteiger partial charge on any atom is -0.363 e. The predicted octanol–water partition coefficient (Wildman–Crippen LogP) is 4.60. The summed E-state index contributed by atoms with van der Waals surface area (Å²) in [5.74, 6) is 0.524. The number of H-pyrrole nitrogens is 2. The third-order valence-corrected chi connectivity index (χ3v) is 5.52. The number of amides is 1. The third kappa shape index (κ3) is 3.14. The first-order chi connectivity index (χ1) is 12.3. The molecule has 0 saturated heterocycles. The second kappa shape index (κ2) is 6.01. The van der Waals surface area contributed by atoms with E-state index in [1.165, 1.54) is 17.7 Å². The summed E-state index contributed by atoms with van der Waals surface area (Å²) in [6, 6.07) is 5.94. The monoisotopic (exact) mass is 350 g/mol. The maximum atomic E-state index is 12.5. The largest absolute Gasteiger partial charge is 0.363 e. The van der Waals surface area contributed by atoms with Crippen molar-refractivity contribution in [3.63, 3.8) is 0 Å². The molecule has 1 unspecified atom stereocenters. The maximum Gasteiger partial charge on any atom is 0.272 e. The van der Waals surface area contributed by atoms with E-state index in [0.717, 1.165) is 35.3 Å². The average Bonchev–Trinajstić information content (AvgIpc) is 3.16. The highest BCUT2D eigenvalue weighted by atomic mass is 16.1. The molecule has 0 aromatic carbocycles. The molecule has 1 aliphatic rings. The Hall–Kier alpha value is -2.56. The lowest BCUT2D eigenvalue weighted by atomic mass is 9.71. The second-order valence-corrected chi connectivity index (χ2v) is 8.54. The molecule has 3 heterocycles. The van der Waals surface area contributed by atoms with Crippen LogP contribution in [0.1, 0.15) is 54.6 Å². The van der Waals surface area contributed by atoms with Gasteiger partial charge in [-0.05, 0) is 61.3 Å². The molecule has 5 heteroatoms. The molecule has 4 rings (SSSR count). The van der Waals surface area contributed by atoms with E-state index in [1.54, 1.807) is 6.20 Å². The Bertz CT molecular complexity index is 974. The molecule has 3 aromatic rings. The average molecular weight is 350 g/mol. The van der Waals surface area contributed by atoms with Crippen LogP contribution in [0.2, 0.25) is 0 Å². The minimum absolute atomic E-state index is 0.146. The molecular formula is C21H26N4O. The lowest BCUT2D eigenvalue weighted by molar-refractivity contribution is 0.102. The number of hydrogen-bond acceptors (Lipinski definition) is 2. The fraction of sp³-hybridized carbons (Fsp3) is 0.429. The van der Waals surface area contributed by atoms with Gasteiger partial charge in [0, 0.05) is 17.6 Å². The number of carbonyl (C=O) groups is 1. The van der Waals surface area contributed by atoms with E-state index in [2.05, 4.69) is 42.1 Å². The van der Waals surface area contributed by atoms with Gasteiger partial charge in [-0.2, -0.15) is 0 Å². The molecule has 0 aliphatic heterocycles. The van der Waals surface area contributed by atoms with E-state index < -0.39 is 0 Å². The van der Waals surface area contributed by atoms with Gasteiger partial charge in [-0.3, -0.25) is 9.78 Å². The van der Waals surface area contributed by atoms with Crippen LogP contribution in [0.4, 0.5) is 5.69 Å². The van der Waals surface area contributed by atoms with Crippen LogP contribution in [0, 0.1) is 18.3 Å². The summed E-state index contributed by atoms with van der Waals surface area (Å²) in [5.41, 5.74) is 6.94. The Labute approximate surface area is 153 Å². The van der Waals surface area contributed by atoms with Gasteiger partial charge in [-0.25, -0.2) is 0 Å². The van der Waals surface area contributed by atoms with Crippen LogP contribution in [0.25, 0.3) is 11.0 Å². The van der Waals surface area contributed by atoms with Crippen molar-refractivity contribution in [1.82, 2.24) is 15.0 Å². The fourth-order valence-corrected chi connectivity index (χ4v) is 3.85. The Morgan fingerprint density at radius 3 is 2.77 bits per heavy atom. The number of aromatic nitrogens is 3. The van der Waals surface area contributed by atoms with Crippen molar-refractivity contribution < 1.29 is 4.79 Å². The van der Waals surface area contributed by atoms with Crippen molar-refractivity contribution in [1.29, 1.82) is 0 Å². The van der Waals surface area contributed by atoms with Crippen molar-refractivity contribution in [2.24, 2.45) is 11.3 Å². The number of carbonyl (C=O) groups excluding carboxylic acids is 1. The van der Waals surface area contributed by atoms with Gasteiger partial charge >= 0.3 is 0 Å². The molecule has 3 N–H and O–H groups in total. The van der Waals surface area contributed by atoms with E-state index in [4.69, 9.17) is 4.98 Å². The zero-order chi connectivity index (χ0) is 18.5. The summed E-state index contributed by atoms with van der Waals surface area (Å²) in [6.07, 6.45) is 5.05. The van der Waals surface area contributed by atoms with E-state index in [0.29, 0.717) is 17.0 Å². The summed E-state index contributed by atoms with van der Waals surface area (Å²) >= 11 is 0. The van der Waals surface area contributed by atoms with E-state index in [-0.39, 0.29) is 5.91 Å². The maximum absolute atomic E-state index is 12.5. The number of fused-ring (bicyclic) bond motifs is 2. The summed E-state index contributed by atoms with van der Waals surface area (Å²) in [5, 5.41) is 2.91. The number of nitrogens with zero attached hydrogens (tertiary/aromatic N) is 1. The zero-order valence-electron chi connectivity index (χ0n) is 15.9. The van der Waals surface area contributed by atoms with Gasteiger partial charge < -0.3 is 15.3 Å². The number of nitrogens with one attached hydrogen (secondary N) is 3. The number of hydrogen-bond donors (Lipinski definition) is 3. The standard InChI is InChI=1S/C21H26N4O/c1-12-7-15(11-22-12)23-20(26)19-10-18-17(25-19)9-13-8-14(21(2,3)4)5-6-16(13)24-18/h7,9-11,14,22,25H,5-6,8H2,1-4H3,(H,23,26). The van der Waals surface area contributed by atoms with Crippen LogP contribution in [-0.2, 0) is 12.8 Å².